The Labute approximate surface area is 153 Å². The number of rotatable bonds is 5. The molecule has 0 aliphatic rings. The smallest absolute Gasteiger partial charge is 0.255 e. The quantitative estimate of drug-likeness (QED) is 0.842. The van der Waals surface area contributed by atoms with Crippen molar-refractivity contribution in [3.8, 4) is 0 Å². The second-order valence-electron chi connectivity index (χ2n) is 6.18. The van der Waals surface area contributed by atoms with Gasteiger partial charge in [0.2, 0.25) is 0 Å². The number of carbonyl (C=O) groups is 2. The number of benzene rings is 2. The van der Waals surface area contributed by atoms with Crippen LogP contribution in [0, 0.1) is 6.92 Å². The molecule has 0 aliphatic carbocycles. The maximum absolute atomic E-state index is 12.4. The van der Waals surface area contributed by atoms with E-state index in [1.807, 2.05) is 0 Å². The molecule has 0 aliphatic heterocycles. The molecule has 6 nitrogen and oxygen atoms in total. The van der Waals surface area contributed by atoms with Crippen LogP contribution in [0.1, 0.15) is 40.1 Å². The van der Waals surface area contributed by atoms with Gasteiger partial charge in [0.1, 0.15) is 0 Å². The molecule has 2 N–H and O–H groups in total. The van der Waals surface area contributed by atoms with E-state index in [1.54, 1.807) is 46.0 Å². The van der Waals surface area contributed by atoms with Crippen molar-refractivity contribution in [2.45, 2.75) is 30.9 Å². The van der Waals surface area contributed by atoms with Crippen LogP contribution in [-0.2, 0) is 9.84 Å². The van der Waals surface area contributed by atoms with Crippen molar-refractivity contribution in [3.05, 3.63) is 59.2 Å². The molecule has 2 aromatic rings. The summed E-state index contributed by atoms with van der Waals surface area (Å²) in [4.78, 5) is 24.2. The number of sulfone groups is 1. The largest absolute Gasteiger partial charge is 0.355 e. The molecule has 0 aromatic heterocycles. The summed E-state index contributed by atoms with van der Waals surface area (Å²) >= 11 is 0. The lowest BCUT2D eigenvalue weighted by atomic mass is 10.1. The molecule has 26 heavy (non-hydrogen) atoms. The zero-order valence-corrected chi connectivity index (χ0v) is 16.0. The number of aryl methyl sites for hydroxylation is 1. The molecule has 0 saturated heterocycles. The minimum atomic E-state index is -3.37. The van der Waals surface area contributed by atoms with Gasteiger partial charge in [-0.3, -0.25) is 9.59 Å². The predicted molar refractivity (Wildman–Crippen MR) is 101 cm³/mol. The number of carbonyl (C=O) groups excluding carboxylic acids is 2. The van der Waals surface area contributed by atoms with E-state index in [2.05, 4.69) is 10.6 Å². The molecule has 0 fully saturated rings. The van der Waals surface area contributed by atoms with Crippen molar-refractivity contribution in [1.29, 1.82) is 0 Å². The van der Waals surface area contributed by atoms with Crippen LogP contribution in [0.25, 0.3) is 0 Å². The predicted octanol–water partition coefficient (Wildman–Crippen LogP) is 2.79. The first-order valence-corrected chi connectivity index (χ1v) is 9.69. The molecule has 0 unspecified atom stereocenters. The van der Waals surface area contributed by atoms with Crippen molar-refractivity contribution < 1.29 is 18.0 Å². The minimum absolute atomic E-state index is 0.190. The summed E-state index contributed by atoms with van der Waals surface area (Å²) in [6.07, 6.45) is 0. The van der Waals surface area contributed by atoms with E-state index < -0.39 is 15.1 Å². The average molecular weight is 374 g/mol. The van der Waals surface area contributed by atoms with E-state index in [0.717, 1.165) is 5.56 Å². The third-order valence-electron chi connectivity index (χ3n) is 4.03. The topological polar surface area (TPSA) is 92.3 Å². The molecular weight excluding hydrogens is 352 g/mol. The number of amides is 2. The molecule has 2 aromatic carbocycles. The summed E-state index contributed by atoms with van der Waals surface area (Å²) in [6.45, 7) is 5.02. The molecule has 2 rings (SSSR count). The number of anilines is 1. The molecule has 0 radical (unpaired) electrons. The van der Waals surface area contributed by atoms with Gasteiger partial charge in [-0.1, -0.05) is 0 Å². The van der Waals surface area contributed by atoms with E-state index in [4.69, 9.17) is 0 Å². The van der Waals surface area contributed by atoms with Gasteiger partial charge in [-0.05, 0) is 68.8 Å². The Morgan fingerprint density at radius 2 is 1.50 bits per heavy atom. The Hall–Kier alpha value is -2.67. The number of hydrogen-bond donors (Lipinski definition) is 2. The second-order valence-corrected chi connectivity index (χ2v) is 8.69. The van der Waals surface area contributed by atoms with Gasteiger partial charge in [0.25, 0.3) is 11.8 Å². The average Bonchev–Trinajstić information content (AvgIpc) is 2.62. The van der Waals surface area contributed by atoms with Gasteiger partial charge < -0.3 is 10.6 Å². The Balaban J connectivity index is 2.19. The van der Waals surface area contributed by atoms with Gasteiger partial charge >= 0.3 is 0 Å². The maximum Gasteiger partial charge on any atom is 0.255 e. The van der Waals surface area contributed by atoms with Gasteiger partial charge in [0, 0.05) is 23.9 Å². The first-order chi connectivity index (χ1) is 12.2. The van der Waals surface area contributed by atoms with Crippen molar-refractivity contribution in [3.63, 3.8) is 0 Å². The summed E-state index contributed by atoms with van der Waals surface area (Å²) in [5, 5.41) is 4.79. The van der Waals surface area contributed by atoms with E-state index in [-0.39, 0.29) is 16.7 Å². The highest BCUT2D eigenvalue weighted by Gasteiger charge is 2.19. The van der Waals surface area contributed by atoms with Crippen molar-refractivity contribution in [2.75, 3.05) is 12.4 Å². The lowest BCUT2D eigenvalue weighted by molar-refractivity contribution is 0.0962. The highest BCUT2D eigenvalue weighted by Crippen LogP contribution is 2.20. The molecule has 0 bridgehead atoms. The first kappa shape index (κ1) is 19.7. The van der Waals surface area contributed by atoms with Crippen LogP contribution in [0.2, 0.25) is 0 Å². The third kappa shape index (κ3) is 4.11. The lowest BCUT2D eigenvalue weighted by Crippen LogP contribution is -2.18. The van der Waals surface area contributed by atoms with Crippen LogP contribution < -0.4 is 10.6 Å². The van der Waals surface area contributed by atoms with Crippen molar-refractivity contribution in [1.82, 2.24) is 5.32 Å². The maximum atomic E-state index is 12.4. The Kier molecular flexibility index (Phi) is 5.82. The Morgan fingerprint density at radius 1 is 0.923 bits per heavy atom. The Morgan fingerprint density at radius 3 is 2.00 bits per heavy atom. The van der Waals surface area contributed by atoms with Gasteiger partial charge in [-0.2, -0.15) is 0 Å². The fourth-order valence-corrected chi connectivity index (χ4v) is 3.41. The van der Waals surface area contributed by atoms with Crippen LogP contribution >= 0.6 is 0 Å². The summed E-state index contributed by atoms with van der Waals surface area (Å²) in [6, 6.07) is 10.8. The van der Waals surface area contributed by atoms with Crippen LogP contribution in [0.5, 0.6) is 0 Å². The summed E-state index contributed by atoms with van der Waals surface area (Å²) in [5.41, 5.74) is 2.19. The van der Waals surface area contributed by atoms with E-state index in [0.29, 0.717) is 16.8 Å². The lowest BCUT2D eigenvalue weighted by Gasteiger charge is -2.11. The molecule has 138 valence electrons. The standard InChI is InChI=1S/C19H22N2O4S/c1-12(2)26(24,25)16-8-5-14(6-9-16)19(23)21-17-10-7-15(11-13(17)3)18(22)20-4/h5-12H,1-4H3,(H,20,22)(H,21,23). The van der Waals surface area contributed by atoms with E-state index in [1.165, 1.54) is 24.3 Å². The van der Waals surface area contributed by atoms with Gasteiger partial charge in [-0.15, -0.1) is 0 Å². The molecule has 0 heterocycles. The molecule has 0 spiro atoms. The minimum Gasteiger partial charge on any atom is -0.355 e. The van der Waals surface area contributed by atoms with E-state index >= 15 is 0 Å². The van der Waals surface area contributed by atoms with Crippen LogP contribution in [0.3, 0.4) is 0 Å². The van der Waals surface area contributed by atoms with Gasteiger partial charge in [0.05, 0.1) is 10.1 Å². The van der Waals surface area contributed by atoms with Crippen molar-refractivity contribution >= 4 is 27.3 Å². The highest BCUT2D eigenvalue weighted by atomic mass is 32.2. The normalized spacial score (nSPS) is 11.3. The fraction of sp³-hybridized carbons (Fsp3) is 0.263. The second kappa shape index (κ2) is 7.70. The first-order valence-electron chi connectivity index (χ1n) is 8.15. The number of hydrogen-bond acceptors (Lipinski definition) is 4. The molecule has 0 saturated carbocycles. The monoisotopic (exact) mass is 374 g/mol. The summed E-state index contributed by atoms with van der Waals surface area (Å²) in [7, 11) is -1.82. The molecular formula is C19H22N2O4S. The Bertz CT molecular complexity index is 933. The molecule has 0 atom stereocenters. The van der Waals surface area contributed by atoms with Crippen molar-refractivity contribution in [2.24, 2.45) is 0 Å². The number of nitrogens with one attached hydrogen (secondary N) is 2. The SMILES string of the molecule is CNC(=O)c1ccc(NC(=O)c2ccc(S(=O)(=O)C(C)C)cc2)c(C)c1. The van der Waals surface area contributed by atoms with Crippen LogP contribution in [0.15, 0.2) is 47.4 Å². The van der Waals surface area contributed by atoms with Gasteiger partial charge in [0.15, 0.2) is 9.84 Å². The third-order valence-corrected chi connectivity index (χ3v) is 6.20. The van der Waals surface area contributed by atoms with Crippen LogP contribution in [-0.4, -0.2) is 32.5 Å². The summed E-state index contributed by atoms with van der Waals surface area (Å²) < 4.78 is 24.3. The fourth-order valence-electron chi connectivity index (χ4n) is 2.35. The summed E-state index contributed by atoms with van der Waals surface area (Å²) in [5.74, 6) is -0.554. The zero-order valence-electron chi connectivity index (χ0n) is 15.2. The van der Waals surface area contributed by atoms with Gasteiger partial charge in [-0.25, -0.2) is 8.42 Å². The van der Waals surface area contributed by atoms with E-state index in [9.17, 15) is 18.0 Å². The highest BCUT2D eigenvalue weighted by molar-refractivity contribution is 7.92. The van der Waals surface area contributed by atoms with Crippen LogP contribution in [0.4, 0.5) is 5.69 Å². The zero-order chi connectivity index (χ0) is 19.5. The molecule has 7 heteroatoms. The molecule has 2 amide bonds.